The fraction of sp³-hybridized carbons (Fsp3) is 1.00. The molecule has 0 saturated heterocycles. The maximum absolute atomic E-state index is 10.8. The molecule has 2 heteroatoms. The molecule has 12 heavy (non-hydrogen) atoms. The summed E-state index contributed by atoms with van der Waals surface area (Å²) >= 11 is 0. The Hall–Kier alpha value is -0.0800. The summed E-state index contributed by atoms with van der Waals surface area (Å²) in [5.41, 5.74) is -0.414. The van der Waals surface area contributed by atoms with Crippen LogP contribution in [0.1, 0.15) is 39.0 Å². The first-order valence-corrected chi connectivity index (χ1v) is 4.92. The van der Waals surface area contributed by atoms with Crippen molar-refractivity contribution in [3.05, 3.63) is 0 Å². The molecule has 0 spiro atoms. The van der Waals surface area contributed by atoms with Crippen molar-refractivity contribution >= 4 is 0 Å². The monoisotopic (exact) mass is 170 g/mol. The van der Waals surface area contributed by atoms with E-state index in [1.54, 1.807) is 0 Å². The Morgan fingerprint density at radius 1 is 1.25 bits per heavy atom. The van der Waals surface area contributed by atoms with E-state index in [-0.39, 0.29) is 13.2 Å². The molecule has 0 unspecified atom stereocenters. The smallest absolute Gasteiger partial charge is 0.0901 e. The fourth-order valence-electron chi connectivity index (χ4n) is 1.48. The lowest BCUT2D eigenvalue weighted by atomic mass is 9.81. The molecule has 0 bridgehead atoms. The summed E-state index contributed by atoms with van der Waals surface area (Å²) in [4.78, 5) is 0. The van der Waals surface area contributed by atoms with Gasteiger partial charge >= 0.3 is 0 Å². The fourth-order valence-corrected chi connectivity index (χ4v) is 1.48. The van der Waals surface area contributed by atoms with E-state index in [2.05, 4.69) is 0 Å². The Balaban J connectivity index is 2.28. The molecule has 0 aromatic heterocycles. The maximum atomic E-state index is 10.8. The van der Waals surface area contributed by atoms with Gasteiger partial charge in [0.2, 0.25) is 0 Å². The lowest BCUT2D eigenvalue weighted by Gasteiger charge is -2.26. The van der Waals surface area contributed by atoms with Crippen LogP contribution in [0.4, 0.5) is 0 Å². The van der Waals surface area contributed by atoms with Crippen LogP contribution in [0.25, 0.3) is 0 Å². The van der Waals surface area contributed by atoms with Gasteiger partial charge in [0.15, 0.2) is 0 Å². The van der Waals surface area contributed by atoms with E-state index in [4.69, 9.17) is 0 Å². The first kappa shape index (κ1) is 10.0. The van der Waals surface area contributed by atoms with Crippen molar-refractivity contribution in [3.8, 4) is 0 Å². The van der Waals surface area contributed by atoms with Crippen molar-refractivity contribution < 1.29 is 10.2 Å². The predicted molar refractivity (Wildman–Crippen MR) is 45.8 cm³/mol. The van der Waals surface area contributed by atoms with Crippen molar-refractivity contribution in [1.29, 1.82) is 0 Å². The summed E-state index contributed by atoms with van der Waals surface area (Å²) in [6.45, 7) is 1.60. The third kappa shape index (κ3) is 2.46. The maximum Gasteiger partial charge on any atom is 0.0901 e. The van der Waals surface area contributed by atoms with Crippen LogP contribution in [0.15, 0.2) is 0 Å². The van der Waals surface area contributed by atoms with E-state index in [0.29, 0.717) is 0 Å². The molecule has 1 fully saturated rings. The van der Waals surface area contributed by atoms with Crippen LogP contribution < -0.4 is 0 Å². The molecule has 1 aliphatic rings. The van der Waals surface area contributed by atoms with E-state index in [1.165, 1.54) is 12.8 Å². The van der Waals surface area contributed by atoms with Crippen LogP contribution in [-0.4, -0.2) is 13.2 Å². The molecule has 1 aliphatic carbocycles. The SMILES string of the molecule is CCC(C[O])(C[O])CCC1CC1. The largest absolute Gasteiger partial charge is 0.236 e. The van der Waals surface area contributed by atoms with Crippen molar-refractivity contribution in [2.45, 2.75) is 39.0 Å². The molecule has 70 valence electrons. The Kier molecular flexibility index (Phi) is 3.53. The minimum atomic E-state index is -0.414. The zero-order chi connectivity index (χ0) is 9.03. The summed E-state index contributed by atoms with van der Waals surface area (Å²) < 4.78 is 0. The molecule has 0 aliphatic heterocycles. The minimum Gasteiger partial charge on any atom is -0.236 e. The first-order chi connectivity index (χ1) is 5.76. The summed E-state index contributed by atoms with van der Waals surface area (Å²) in [5, 5.41) is 21.7. The van der Waals surface area contributed by atoms with Crippen molar-refractivity contribution in [3.63, 3.8) is 0 Å². The van der Waals surface area contributed by atoms with Crippen molar-refractivity contribution in [2.24, 2.45) is 11.3 Å². The Morgan fingerprint density at radius 3 is 2.17 bits per heavy atom. The van der Waals surface area contributed by atoms with E-state index in [1.807, 2.05) is 6.92 Å². The van der Waals surface area contributed by atoms with Gasteiger partial charge < -0.3 is 0 Å². The predicted octanol–water partition coefficient (Wildman–Crippen LogP) is 2.43. The summed E-state index contributed by atoms with van der Waals surface area (Å²) in [5.74, 6) is 0.842. The summed E-state index contributed by atoms with van der Waals surface area (Å²) in [6, 6.07) is 0. The number of rotatable bonds is 6. The van der Waals surface area contributed by atoms with Gasteiger partial charge in [-0.2, -0.15) is 0 Å². The van der Waals surface area contributed by atoms with Crippen molar-refractivity contribution in [1.82, 2.24) is 0 Å². The average molecular weight is 170 g/mol. The molecule has 0 N–H and O–H groups in total. The van der Waals surface area contributed by atoms with E-state index in [9.17, 15) is 10.2 Å². The van der Waals surface area contributed by atoms with Gasteiger partial charge in [-0.3, -0.25) is 0 Å². The van der Waals surface area contributed by atoms with E-state index in [0.717, 1.165) is 25.2 Å². The third-order valence-electron chi connectivity index (χ3n) is 3.14. The zero-order valence-electron chi connectivity index (χ0n) is 7.84. The van der Waals surface area contributed by atoms with Gasteiger partial charge in [-0.1, -0.05) is 19.8 Å². The highest BCUT2D eigenvalue weighted by molar-refractivity contribution is 4.81. The Bertz CT molecular complexity index is 118. The molecule has 1 rings (SSSR count). The van der Waals surface area contributed by atoms with E-state index < -0.39 is 5.41 Å². The zero-order valence-corrected chi connectivity index (χ0v) is 7.84. The number of hydrogen-bond donors (Lipinski definition) is 0. The Morgan fingerprint density at radius 2 is 1.83 bits per heavy atom. The first-order valence-electron chi connectivity index (χ1n) is 4.92. The molecule has 0 amide bonds. The molecule has 1 saturated carbocycles. The lowest BCUT2D eigenvalue weighted by Crippen LogP contribution is -2.27. The van der Waals surface area contributed by atoms with Gasteiger partial charge in [0, 0.05) is 5.41 Å². The second kappa shape index (κ2) is 4.24. The minimum absolute atomic E-state index is 0.181. The van der Waals surface area contributed by atoms with Gasteiger partial charge in [0.25, 0.3) is 0 Å². The van der Waals surface area contributed by atoms with Crippen LogP contribution in [0.5, 0.6) is 0 Å². The van der Waals surface area contributed by atoms with Crippen LogP contribution in [0.3, 0.4) is 0 Å². The van der Waals surface area contributed by atoms with Crippen LogP contribution >= 0.6 is 0 Å². The highest BCUT2D eigenvalue weighted by atomic mass is 16.3. The molecule has 0 aromatic carbocycles. The average Bonchev–Trinajstić information content (AvgIpc) is 2.92. The normalized spacial score (nSPS) is 18.2. The molecule has 2 nitrogen and oxygen atoms in total. The third-order valence-corrected chi connectivity index (χ3v) is 3.14. The van der Waals surface area contributed by atoms with Gasteiger partial charge in [-0.05, 0) is 25.2 Å². The molecular formula is C10H18O2. The topological polar surface area (TPSA) is 39.8 Å². The summed E-state index contributed by atoms with van der Waals surface area (Å²) in [7, 11) is 0. The van der Waals surface area contributed by atoms with Gasteiger partial charge in [-0.15, -0.1) is 0 Å². The molecular weight excluding hydrogens is 152 g/mol. The molecule has 0 heterocycles. The van der Waals surface area contributed by atoms with Crippen LogP contribution in [0, 0.1) is 11.3 Å². The molecule has 2 radical (unpaired) electrons. The lowest BCUT2D eigenvalue weighted by molar-refractivity contribution is -0.0160. The highest BCUT2D eigenvalue weighted by Crippen LogP contribution is 2.38. The second-order valence-electron chi connectivity index (χ2n) is 4.12. The quantitative estimate of drug-likeness (QED) is 0.587. The standard InChI is InChI=1S/C10H18O2/c1-2-10(7-11,8-12)6-5-9-3-4-9/h9H,2-8H2,1H3. The highest BCUT2D eigenvalue weighted by Gasteiger charge is 2.31. The number of hydrogen-bond acceptors (Lipinski definition) is 0. The van der Waals surface area contributed by atoms with Gasteiger partial charge in [0.1, 0.15) is 0 Å². The van der Waals surface area contributed by atoms with E-state index >= 15 is 0 Å². The van der Waals surface area contributed by atoms with Gasteiger partial charge in [0.05, 0.1) is 13.2 Å². The Labute approximate surface area is 74.6 Å². The van der Waals surface area contributed by atoms with Gasteiger partial charge in [-0.25, -0.2) is 10.2 Å². The van der Waals surface area contributed by atoms with Crippen LogP contribution in [-0.2, 0) is 10.2 Å². The van der Waals surface area contributed by atoms with Crippen LogP contribution in [0.2, 0.25) is 0 Å². The molecule has 0 aromatic rings. The second-order valence-corrected chi connectivity index (χ2v) is 4.12. The molecule has 0 atom stereocenters. The summed E-state index contributed by atoms with van der Waals surface area (Å²) in [6.07, 6.45) is 5.36. The van der Waals surface area contributed by atoms with Crippen molar-refractivity contribution in [2.75, 3.05) is 13.2 Å².